The Labute approximate surface area is 122 Å². The summed E-state index contributed by atoms with van der Waals surface area (Å²) in [4.78, 5) is 18.7. The fraction of sp³-hybridized carbons (Fsp3) is 0.0909. The van der Waals surface area contributed by atoms with Gasteiger partial charge in [0, 0.05) is 4.47 Å². The standard InChI is InChI=1S/C11H8BrCl2N3O/c1-5-6(12)2-3-9(15-5)17-11(18)8-4-7(13)10(14)16-8/h2-4,16H,1H3,(H,15,17,18). The van der Waals surface area contributed by atoms with Crippen molar-refractivity contribution in [2.75, 3.05) is 5.32 Å². The van der Waals surface area contributed by atoms with Gasteiger partial charge in [0.25, 0.3) is 5.91 Å². The average Bonchev–Trinajstić information content (AvgIpc) is 2.65. The number of anilines is 1. The van der Waals surface area contributed by atoms with Gasteiger partial charge in [0.15, 0.2) is 0 Å². The molecule has 2 aromatic heterocycles. The Morgan fingerprint density at radius 2 is 2.17 bits per heavy atom. The molecule has 2 N–H and O–H groups in total. The zero-order valence-electron chi connectivity index (χ0n) is 9.22. The van der Waals surface area contributed by atoms with Gasteiger partial charge in [0.2, 0.25) is 0 Å². The van der Waals surface area contributed by atoms with Gasteiger partial charge in [0.05, 0.1) is 10.7 Å². The molecule has 0 unspecified atom stereocenters. The van der Waals surface area contributed by atoms with Gasteiger partial charge in [-0.25, -0.2) is 4.98 Å². The van der Waals surface area contributed by atoms with E-state index in [1.165, 1.54) is 6.07 Å². The average molecular weight is 349 g/mol. The number of hydrogen-bond acceptors (Lipinski definition) is 2. The maximum absolute atomic E-state index is 11.9. The molecule has 94 valence electrons. The van der Waals surface area contributed by atoms with E-state index < -0.39 is 0 Å². The highest BCUT2D eigenvalue weighted by atomic mass is 79.9. The molecule has 0 spiro atoms. The second kappa shape index (κ2) is 5.30. The number of amides is 1. The van der Waals surface area contributed by atoms with Crippen molar-refractivity contribution in [3.8, 4) is 0 Å². The van der Waals surface area contributed by atoms with Gasteiger partial charge in [-0.2, -0.15) is 0 Å². The van der Waals surface area contributed by atoms with Gasteiger partial charge in [-0.05, 0) is 41.1 Å². The molecular weight excluding hydrogens is 341 g/mol. The number of halogens is 3. The maximum atomic E-state index is 11.9. The summed E-state index contributed by atoms with van der Waals surface area (Å²) in [5.41, 5.74) is 1.07. The third-order valence-corrected chi connectivity index (χ3v) is 3.76. The van der Waals surface area contributed by atoms with E-state index in [0.29, 0.717) is 10.8 Å². The van der Waals surface area contributed by atoms with Crippen LogP contribution in [0.2, 0.25) is 10.2 Å². The molecule has 0 aliphatic rings. The van der Waals surface area contributed by atoms with E-state index in [0.717, 1.165) is 10.2 Å². The number of rotatable bonds is 2. The number of nitrogens with zero attached hydrogens (tertiary/aromatic N) is 1. The first-order chi connectivity index (χ1) is 8.47. The molecule has 0 fully saturated rings. The zero-order chi connectivity index (χ0) is 13.3. The molecule has 0 aliphatic heterocycles. The van der Waals surface area contributed by atoms with Crippen LogP contribution in [0.25, 0.3) is 0 Å². The number of aryl methyl sites for hydroxylation is 1. The number of aromatic nitrogens is 2. The molecule has 2 rings (SSSR count). The van der Waals surface area contributed by atoms with Crippen molar-refractivity contribution in [3.05, 3.63) is 44.2 Å². The second-order valence-corrected chi connectivity index (χ2v) is 5.20. The summed E-state index contributed by atoms with van der Waals surface area (Å²) in [7, 11) is 0. The number of hydrogen-bond donors (Lipinski definition) is 2. The molecular formula is C11H8BrCl2N3O. The molecule has 7 heteroatoms. The molecule has 0 aromatic carbocycles. The lowest BCUT2D eigenvalue weighted by molar-refractivity contribution is 0.102. The third kappa shape index (κ3) is 2.85. The Kier molecular flexibility index (Phi) is 3.94. The largest absolute Gasteiger partial charge is 0.340 e. The molecule has 2 aromatic rings. The van der Waals surface area contributed by atoms with Crippen LogP contribution in [0.4, 0.5) is 5.82 Å². The minimum atomic E-state index is -0.349. The molecule has 4 nitrogen and oxygen atoms in total. The van der Waals surface area contributed by atoms with Crippen LogP contribution >= 0.6 is 39.1 Å². The van der Waals surface area contributed by atoms with Gasteiger partial charge < -0.3 is 10.3 Å². The predicted molar refractivity (Wildman–Crippen MR) is 75.4 cm³/mol. The Morgan fingerprint density at radius 3 is 2.72 bits per heavy atom. The minimum absolute atomic E-state index is 0.238. The lowest BCUT2D eigenvalue weighted by Gasteiger charge is -2.04. The number of carbonyl (C=O) groups is 1. The highest BCUT2D eigenvalue weighted by Gasteiger charge is 2.12. The van der Waals surface area contributed by atoms with Gasteiger partial charge in [-0.3, -0.25) is 4.79 Å². The molecule has 0 bridgehead atoms. The smallest absolute Gasteiger partial charge is 0.273 e. The Hall–Kier alpha value is -1.04. The summed E-state index contributed by atoms with van der Waals surface area (Å²) >= 11 is 14.8. The molecule has 0 saturated carbocycles. The summed E-state index contributed by atoms with van der Waals surface area (Å²) in [5, 5.41) is 3.19. The Morgan fingerprint density at radius 1 is 1.44 bits per heavy atom. The van der Waals surface area contributed by atoms with E-state index in [1.807, 2.05) is 13.0 Å². The zero-order valence-corrected chi connectivity index (χ0v) is 12.3. The summed E-state index contributed by atoms with van der Waals surface area (Å²) in [6, 6.07) is 4.97. The number of aromatic amines is 1. The van der Waals surface area contributed by atoms with Crippen LogP contribution in [0.15, 0.2) is 22.7 Å². The lowest BCUT2D eigenvalue weighted by Crippen LogP contribution is -2.13. The normalized spacial score (nSPS) is 10.4. The van der Waals surface area contributed by atoms with Crippen LogP contribution < -0.4 is 5.32 Å². The van der Waals surface area contributed by atoms with E-state index in [4.69, 9.17) is 23.2 Å². The van der Waals surface area contributed by atoms with E-state index >= 15 is 0 Å². The van der Waals surface area contributed by atoms with Crippen molar-refractivity contribution < 1.29 is 4.79 Å². The fourth-order valence-electron chi connectivity index (χ4n) is 1.32. The SMILES string of the molecule is Cc1nc(NC(=O)c2cc(Cl)c(Cl)[nH]2)ccc1Br. The first-order valence-corrected chi connectivity index (χ1v) is 6.51. The van der Waals surface area contributed by atoms with Crippen LogP contribution in [0.1, 0.15) is 16.2 Å². The molecule has 0 atom stereocenters. The van der Waals surface area contributed by atoms with Crippen molar-refractivity contribution in [2.24, 2.45) is 0 Å². The number of nitrogens with one attached hydrogen (secondary N) is 2. The Balaban J connectivity index is 2.18. The van der Waals surface area contributed by atoms with Gasteiger partial charge in [-0.15, -0.1) is 0 Å². The number of pyridine rings is 1. The van der Waals surface area contributed by atoms with E-state index in [1.54, 1.807) is 6.07 Å². The van der Waals surface area contributed by atoms with Gasteiger partial charge in [-0.1, -0.05) is 23.2 Å². The summed E-state index contributed by atoms with van der Waals surface area (Å²) in [6.45, 7) is 1.84. The number of H-pyrrole nitrogens is 1. The maximum Gasteiger partial charge on any atom is 0.273 e. The van der Waals surface area contributed by atoms with Crippen molar-refractivity contribution in [3.63, 3.8) is 0 Å². The van der Waals surface area contributed by atoms with E-state index in [-0.39, 0.29) is 16.8 Å². The van der Waals surface area contributed by atoms with Gasteiger partial charge in [0.1, 0.15) is 16.7 Å². The van der Waals surface area contributed by atoms with Crippen LogP contribution in [-0.2, 0) is 0 Å². The topological polar surface area (TPSA) is 57.8 Å². The van der Waals surface area contributed by atoms with Crippen molar-refractivity contribution >= 4 is 50.9 Å². The van der Waals surface area contributed by atoms with Crippen LogP contribution in [0.5, 0.6) is 0 Å². The molecule has 1 amide bonds. The van der Waals surface area contributed by atoms with Crippen LogP contribution in [0.3, 0.4) is 0 Å². The van der Waals surface area contributed by atoms with Crippen molar-refractivity contribution in [1.29, 1.82) is 0 Å². The van der Waals surface area contributed by atoms with E-state index in [2.05, 4.69) is 31.2 Å². The van der Waals surface area contributed by atoms with Crippen LogP contribution in [0, 0.1) is 6.92 Å². The molecule has 2 heterocycles. The van der Waals surface area contributed by atoms with Crippen LogP contribution in [-0.4, -0.2) is 15.9 Å². The van der Waals surface area contributed by atoms with Crippen molar-refractivity contribution in [2.45, 2.75) is 6.92 Å². The van der Waals surface area contributed by atoms with Crippen molar-refractivity contribution in [1.82, 2.24) is 9.97 Å². The summed E-state index contributed by atoms with van der Waals surface area (Å²) in [6.07, 6.45) is 0. The molecule has 0 radical (unpaired) electrons. The van der Waals surface area contributed by atoms with E-state index in [9.17, 15) is 4.79 Å². The molecule has 0 aliphatic carbocycles. The highest BCUT2D eigenvalue weighted by Crippen LogP contribution is 2.22. The third-order valence-electron chi connectivity index (χ3n) is 2.23. The monoisotopic (exact) mass is 347 g/mol. The van der Waals surface area contributed by atoms with Gasteiger partial charge >= 0.3 is 0 Å². The highest BCUT2D eigenvalue weighted by molar-refractivity contribution is 9.10. The Bertz CT molecular complexity index is 593. The number of carbonyl (C=O) groups excluding carboxylic acids is 1. The lowest BCUT2D eigenvalue weighted by atomic mass is 10.3. The summed E-state index contributed by atoms with van der Waals surface area (Å²) in [5.74, 6) is 0.112. The first kappa shape index (κ1) is 13.4. The summed E-state index contributed by atoms with van der Waals surface area (Å²) < 4.78 is 0.881. The second-order valence-electron chi connectivity index (χ2n) is 3.56. The molecule has 18 heavy (non-hydrogen) atoms. The fourth-order valence-corrected chi connectivity index (χ4v) is 1.86. The molecule has 0 saturated heterocycles. The quantitative estimate of drug-likeness (QED) is 0.860. The predicted octanol–water partition coefficient (Wildman–Crippen LogP) is 4.04. The first-order valence-electron chi connectivity index (χ1n) is 4.96. The minimum Gasteiger partial charge on any atom is -0.340 e.